The first-order valence-electron chi connectivity index (χ1n) is 11.3. The van der Waals surface area contributed by atoms with E-state index in [1.54, 1.807) is 7.11 Å². The summed E-state index contributed by atoms with van der Waals surface area (Å²) in [7, 11) is 1.76. The molecule has 1 aliphatic heterocycles. The van der Waals surface area contributed by atoms with Crippen LogP contribution >= 0.6 is 22.7 Å². The molecule has 4 aromatic rings. The number of anilines is 1. The number of carbonyl (C=O) groups excluding carboxylic acids is 1. The van der Waals surface area contributed by atoms with Crippen LogP contribution in [-0.2, 0) is 4.74 Å². The van der Waals surface area contributed by atoms with Crippen LogP contribution in [0.15, 0.2) is 57.6 Å². The zero-order valence-corrected chi connectivity index (χ0v) is 20.2. The molecule has 172 valence electrons. The summed E-state index contributed by atoms with van der Waals surface area (Å²) in [6.45, 7) is 3.44. The zero-order valence-electron chi connectivity index (χ0n) is 18.6. The highest BCUT2D eigenvalue weighted by Crippen LogP contribution is 2.32. The van der Waals surface area contributed by atoms with Crippen molar-refractivity contribution in [1.82, 2.24) is 9.88 Å². The van der Waals surface area contributed by atoms with Crippen LogP contribution in [0.25, 0.3) is 22.4 Å². The molecule has 0 unspecified atom stereocenters. The first-order valence-corrected chi connectivity index (χ1v) is 13.0. The third-order valence-corrected chi connectivity index (χ3v) is 7.78. The van der Waals surface area contributed by atoms with Crippen LogP contribution in [0.3, 0.4) is 0 Å². The monoisotopic (exact) mass is 481 g/mol. The van der Waals surface area contributed by atoms with Crippen molar-refractivity contribution in [3.63, 3.8) is 0 Å². The number of ether oxygens (including phenoxy) is 1. The predicted octanol–water partition coefficient (Wildman–Crippen LogP) is 5.77. The van der Waals surface area contributed by atoms with Crippen molar-refractivity contribution in [1.29, 1.82) is 0 Å². The van der Waals surface area contributed by atoms with Gasteiger partial charge < -0.3 is 9.15 Å². The second-order valence-electron chi connectivity index (χ2n) is 8.24. The lowest BCUT2D eigenvalue weighted by atomic mass is 10.2. The summed E-state index contributed by atoms with van der Waals surface area (Å²) in [5.41, 5.74) is 1.60. The molecule has 1 fully saturated rings. The molecule has 33 heavy (non-hydrogen) atoms. The predicted molar refractivity (Wildman–Crippen MR) is 134 cm³/mol. The number of thiazole rings is 1. The van der Waals surface area contributed by atoms with Crippen molar-refractivity contribution in [3.05, 3.63) is 58.1 Å². The summed E-state index contributed by atoms with van der Waals surface area (Å²) in [5, 5.41) is 5.66. The summed E-state index contributed by atoms with van der Waals surface area (Å²) in [6, 6.07) is 14.2. The van der Waals surface area contributed by atoms with E-state index in [4.69, 9.17) is 14.1 Å². The summed E-state index contributed by atoms with van der Waals surface area (Å²) in [4.78, 5) is 23.2. The Kier molecular flexibility index (Phi) is 6.87. The lowest BCUT2D eigenvalue weighted by molar-refractivity contribution is 0.0984. The molecule has 6 nitrogen and oxygen atoms in total. The molecule has 1 saturated heterocycles. The quantitative estimate of drug-likeness (QED) is 0.304. The van der Waals surface area contributed by atoms with Gasteiger partial charge in [-0.25, -0.2) is 4.98 Å². The van der Waals surface area contributed by atoms with Gasteiger partial charge in [0.2, 0.25) is 0 Å². The normalized spacial score (nSPS) is 16.6. The number of carbonyl (C=O) groups is 1. The lowest BCUT2D eigenvalue weighted by Gasteiger charge is -2.25. The average Bonchev–Trinajstić information content (AvgIpc) is 3.63. The van der Waals surface area contributed by atoms with E-state index >= 15 is 0 Å². The zero-order chi connectivity index (χ0) is 22.6. The molecule has 0 aliphatic carbocycles. The van der Waals surface area contributed by atoms with Gasteiger partial charge in [0.1, 0.15) is 11.3 Å². The third-order valence-electron chi connectivity index (χ3n) is 6.06. The van der Waals surface area contributed by atoms with E-state index in [1.165, 1.54) is 35.5 Å². The SMILES string of the molecule is COC[C@@H]1CCCN1CCCN(C(=O)c1cccs1)c1nc(-c2cc3ccccc3o2)cs1. The fraction of sp³-hybridized carbons (Fsp3) is 0.360. The van der Waals surface area contributed by atoms with E-state index in [9.17, 15) is 4.79 Å². The number of furan rings is 1. The topological polar surface area (TPSA) is 58.8 Å². The van der Waals surface area contributed by atoms with Crippen LogP contribution in [0.4, 0.5) is 5.13 Å². The number of amides is 1. The number of rotatable bonds is 9. The Morgan fingerprint density at radius 3 is 3.00 bits per heavy atom. The van der Waals surface area contributed by atoms with Crippen LogP contribution < -0.4 is 4.90 Å². The minimum atomic E-state index is 0.00497. The number of nitrogens with zero attached hydrogens (tertiary/aromatic N) is 3. The number of aromatic nitrogens is 1. The van der Waals surface area contributed by atoms with Crippen molar-refractivity contribution in [2.75, 3.05) is 38.3 Å². The molecule has 1 atom stereocenters. The third kappa shape index (κ3) is 4.89. The van der Waals surface area contributed by atoms with Gasteiger partial charge in [0.05, 0.1) is 11.5 Å². The van der Waals surface area contributed by atoms with E-state index < -0.39 is 0 Å². The highest BCUT2D eigenvalue weighted by molar-refractivity contribution is 7.14. The number of benzene rings is 1. The van der Waals surface area contributed by atoms with Crippen LogP contribution in [-0.4, -0.2) is 55.2 Å². The molecule has 1 amide bonds. The van der Waals surface area contributed by atoms with Gasteiger partial charge in [-0.2, -0.15) is 0 Å². The largest absolute Gasteiger partial charge is 0.454 e. The van der Waals surface area contributed by atoms with Gasteiger partial charge in [0.25, 0.3) is 5.91 Å². The Morgan fingerprint density at radius 1 is 1.27 bits per heavy atom. The number of likely N-dealkylation sites (tertiary alicyclic amines) is 1. The molecule has 0 radical (unpaired) electrons. The Hall–Kier alpha value is -2.52. The summed E-state index contributed by atoms with van der Waals surface area (Å²) < 4.78 is 11.4. The minimum absolute atomic E-state index is 0.00497. The molecule has 3 aromatic heterocycles. The van der Waals surface area contributed by atoms with Crippen molar-refractivity contribution in [2.24, 2.45) is 0 Å². The number of hydrogen-bond acceptors (Lipinski definition) is 7. The number of fused-ring (bicyclic) bond motifs is 1. The molecule has 5 rings (SSSR count). The molecular formula is C25H27N3O3S2. The standard InChI is InChI=1S/C25H27N3O3S2/c1-30-16-19-8-4-11-27(19)12-6-13-28(24(29)23-10-5-14-32-23)25-26-20(17-33-25)22-15-18-7-2-3-9-21(18)31-22/h2-3,5,7,9-10,14-15,17,19H,4,6,8,11-13,16H2,1H3/t19-/m0/s1. The molecular weight excluding hydrogens is 454 g/mol. The van der Waals surface area contributed by atoms with Gasteiger partial charge in [-0.05, 0) is 49.4 Å². The van der Waals surface area contributed by atoms with Gasteiger partial charge in [-0.15, -0.1) is 22.7 Å². The maximum Gasteiger partial charge on any atom is 0.270 e. The molecule has 1 aromatic carbocycles. The first kappa shape index (κ1) is 22.3. The number of para-hydroxylation sites is 1. The molecule has 4 heterocycles. The number of thiophene rings is 1. The Balaban J connectivity index is 1.34. The van der Waals surface area contributed by atoms with Crippen molar-refractivity contribution >= 4 is 44.7 Å². The van der Waals surface area contributed by atoms with Gasteiger partial charge >= 0.3 is 0 Å². The van der Waals surface area contributed by atoms with Gasteiger partial charge in [-0.3, -0.25) is 14.6 Å². The fourth-order valence-electron chi connectivity index (χ4n) is 4.43. The second kappa shape index (κ2) is 10.2. The van der Waals surface area contributed by atoms with Gasteiger partial charge in [0, 0.05) is 37.0 Å². The first-order chi connectivity index (χ1) is 16.2. The molecule has 0 bridgehead atoms. The van der Waals surface area contributed by atoms with Gasteiger partial charge in [0.15, 0.2) is 10.9 Å². The van der Waals surface area contributed by atoms with E-state index in [1.807, 2.05) is 58.1 Å². The van der Waals surface area contributed by atoms with Crippen molar-refractivity contribution in [3.8, 4) is 11.5 Å². The smallest absolute Gasteiger partial charge is 0.270 e. The van der Waals surface area contributed by atoms with Gasteiger partial charge in [-0.1, -0.05) is 24.3 Å². The fourth-order valence-corrected chi connectivity index (χ4v) is 5.94. The van der Waals surface area contributed by atoms with Crippen molar-refractivity contribution < 1.29 is 13.9 Å². The molecule has 8 heteroatoms. The highest BCUT2D eigenvalue weighted by Gasteiger charge is 2.26. The molecule has 0 spiro atoms. The van der Waals surface area contributed by atoms with E-state index in [0.717, 1.165) is 53.4 Å². The molecule has 0 N–H and O–H groups in total. The second-order valence-corrected chi connectivity index (χ2v) is 10.0. The summed E-state index contributed by atoms with van der Waals surface area (Å²) in [5.74, 6) is 0.729. The van der Waals surface area contributed by atoms with Crippen LogP contribution in [0.1, 0.15) is 28.9 Å². The Bertz CT molecular complexity index is 1170. The average molecular weight is 482 g/mol. The number of methoxy groups -OCH3 is 1. The van der Waals surface area contributed by atoms with E-state index in [0.29, 0.717) is 17.7 Å². The summed E-state index contributed by atoms with van der Waals surface area (Å²) >= 11 is 2.95. The molecule has 0 saturated carbocycles. The number of hydrogen-bond donors (Lipinski definition) is 0. The van der Waals surface area contributed by atoms with Crippen LogP contribution in [0.2, 0.25) is 0 Å². The van der Waals surface area contributed by atoms with Crippen molar-refractivity contribution in [2.45, 2.75) is 25.3 Å². The highest BCUT2D eigenvalue weighted by atomic mass is 32.1. The Morgan fingerprint density at radius 2 is 2.18 bits per heavy atom. The maximum absolute atomic E-state index is 13.3. The molecule has 1 aliphatic rings. The lowest BCUT2D eigenvalue weighted by Crippen LogP contribution is -2.37. The maximum atomic E-state index is 13.3. The van der Waals surface area contributed by atoms with Crippen LogP contribution in [0.5, 0.6) is 0 Å². The van der Waals surface area contributed by atoms with Crippen LogP contribution in [0, 0.1) is 0 Å². The van der Waals surface area contributed by atoms with E-state index in [2.05, 4.69) is 4.90 Å². The summed E-state index contributed by atoms with van der Waals surface area (Å²) in [6.07, 6.45) is 3.27. The minimum Gasteiger partial charge on any atom is -0.454 e. The Labute approximate surface area is 201 Å². The van der Waals surface area contributed by atoms with E-state index in [-0.39, 0.29) is 5.91 Å².